The standard InChI is InChI=1S/C19H29NO3/c1-12(2)7-14-11-20-6-5-13-8-18(22-3)19(23-4)9-15(13)16(20)10-17(14)21/h8-9,12,14,16-17,21H,5-7,10-11H2,1-4H3/i1D3,2D3,4D3,5D2,6D2,7D2,8D,9D,10D2,11D2,12D,14D,16D,17D. The second kappa shape index (κ2) is 6.70. The van der Waals surface area contributed by atoms with Crippen LogP contribution in [-0.2, 0) is 6.37 Å². The molecule has 23 heavy (non-hydrogen) atoms. The molecule has 1 saturated heterocycles. The molecule has 1 aromatic carbocycles. The number of piperidine rings is 1. The van der Waals surface area contributed by atoms with Gasteiger partial charge in [-0.05, 0) is 54.1 Å². The van der Waals surface area contributed by atoms with Crippen LogP contribution in [0.15, 0.2) is 12.1 Å². The summed E-state index contributed by atoms with van der Waals surface area (Å²) >= 11 is 0. The van der Waals surface area contributed by atoms with Crippen molar-refractivity contribution in [2.24, 2.45) is 11.8 Å². The third kappa shape index (κ3) is 3.20. The number of ether oxygens (including phenoxy) is 2. The van der Waals surface area contributed by atoms with Crippen molar-refractivity contribution in [3.05, 3.63) is 23.2 Å². The number of rotatable bonds is 4. The Morgan fingerprint density at radius 2 is 2.39 bits per heavy atom. The molecule has 0 spiro atoms. The van der Waals surface area contributed by atoms with Crippen LogP contribution in [0.2, 0.25) is 0 Å². The largest absolute Gasteiger partial charge is 0.493 e. The Morgan fingerprint density at radius 1 is 1.57 bits per heavy atom. The van der Waals surface area contributed by atoms with Crippen LogP contribution in [0.3, 0.4) is 0 Å². The van der Waals surface area contributed by atoms with Gasteiger partial charge in [0.15, 0.2) is 11.5 Å². The smallest absolute Gasteiger partial charge is 0.161 e. The number of methoxy groups -OCH3 is 2. The van der Waals surface area contributed by atoms with Crippen LogP contribution in [0, 0.1) is 11.8 Å². The average molecular weight is 345 g/mol. The molecule has 3 atom stereocenters. The van der Waals surface area contributed by atoms with Crippen LogP contribution in [0.25, 0.3) is 0 Å². The molecule has 0 aliphatic carbocycles. The molecule has 4 nitrogen and oxygen atoms in total. The van der Waals surface area contributed by atoms with Crippen molar-refractivity contribution < 1.29 is 48.8 Å². The topological polar surface area (TPSA) is 41.9 Å². The van der Waals surface area contributed by atoms with Crippen molar-refractivity contribution in [3.8, 4) is 11.5 Å². The molecule has 2 aliphatic rings. The molecule has 0 saturated carbocycles. The number of aliphatic hydroxyl groups is 1. The molecule has 128 valence electrons. The first-order valence-corrected chi connectivity index (χ1v) is 6.17. The zero-order valence-electron chi connectivity index (χ0n) is 36.7. The average Bonchev–Trinajstić information content (AvgIpc) is 2.84. The molecule has 1 aromatic rings. The molecule has 0 radical (unpaired) electrons. The van der Waals surface area contributed by atoms with E-state index in [1.165, 1.54) is 0 Å². The fourth-order valence-electron chi connectivity index (χ4n) is 1.99. The van der Waals surface area contributed by atoms with Gasteiger partial charge in [0.1, 0.15) is 0 Å². The van der Waals surface area contributed by atoms with Gasteiger partial charge in [-0.3, -0.25) is 4.90 Å². The summed E-state index contributed by atoms with van der Waals surface area (Å²) in [6.07, 6.45) is -18.6. The minimum atomic E-state index is -5.02. The van der Waals surface area contributed by atoms with E-state index in [0.29, 0.717) is 0 Å². The van der Waals surface area contributed by atoms with Crippen LogP contribution in [0.1, 0.15) is 77.9 Å². The van der Waals surface area contributed by atoms with Crippen LogP contribution >= 0.6 is 0 Å². The molecule has 4 heteroatoms. The predicted octanol–water partition coefficient (Wildman–Crippen LogP) is 3.03. The lowest BCUT2D eigenvalue weighted by molar-refractivity contribution is -0.0191. The number of nitrogens with zero attached hydrogens (tertiary/aromatic N) is 1. The van der Waals surface area contributed by atoms with Gasteiger partial charge in [-0.2, -0.15) is 0 Å². The number of hydrogen-bond acceptors (Lipinski definition) is 4. The summed E-state index contributed by atoms with van der Waals surface area (Å²) < 4.78 is 218. The second-order valence-electron chi connectivity index (χ2n) is 4.35. The number of hydrogen-bond donors (Lipinski definition) is 1. The molecular weight excluding hydrogens is 290 g/mol. The van der Waals surface area contributed by atoms with E-state index >= 15 is 0 Å². The summed E-state index contributed by atoms with van der Waals surface area (Å²) in [6, 6.07) is -7.26. The minimum Gasteiger partial charge on any atom is -0.493 e. The van der Waals surface area contributed by atoms with E-state index in [2.05, 4.69) is 0 Å². The highest BCUT2D eigenvalue weighted by Gasteiger charge is 2.38. The molecule has 0 amide bonds. The van der Waals surface area contributed by atoms with Gasteiger partial charge in [0.2, 0.25) is 0 Å². The van der Waals surface area contributed by atoms with Crippen molar-refractivity contribution in [2.75, 3.05) is 27.1 Å². The maximum absolute atomic E-state index is 11.6. The van der Waals surface area contributed by atoms with E-state index in [-0.39, 0.29) is 0 Å². The molecule has 1 N–H and O–H groups in total. The minimum absolute atomic E-state index is 0.780. The Labute approximate surface area is 174 Å². The molecule has 1 fully saturated rings. The second-order valence-corrected chi connectivity index (χ2v) is 4.35. The Bertz CT molecular complexity index is 1480. The van der Waals surface area contributed by atoms with Crippen LogP contribution < -0.4 is 9.47 Å². The molecule has 3 rings (SSSR count). The van der Waals surface area contributed by atoms with E-state index in [1.54, 1.807) is 0 Å². The third-order valence-electron chi connectivity index (χ3n) is 2.94. The summed E-state index contributed by atoms with van der Waals surface area (Å²) in [7, 11) is -2.73. The lowest BCUT2D eigenvalue weighted by Gasteiger charge is -2.46. The van der Waals surface area contributed by atoms with Crippen molar-refractivity contribution >= 4 is 0 Å². The van der Waals surface area contributed by atoms with Gasteiger partial charge in [0.25, 0.3) is 0 Å². The Hall–Kier alpha value is -1.26. The van der Waals surface area contributed by atoms with E-state index in [0.717, 1.165) is 7.11 Å². The molecule has 2 aliphatic heterocycles. The summed E-state index contributed by atoms with van der Waals surface area (Å²) in [6.45, 7) is -17.9. The molecule has 0 aromatic heterocycles. The lowest BCUT2D eigenvalue weighted by atomic mass is 9.79. The fourth-order valence-corrected chi connectivity index (χ4v) is 1.99. The highest BCUT2D eigenvalue weighted by molar-refractivity contribution is 5.49. The van der Waals surface area contributed by atoms with E-state index in [9.17, 15) is 6.48 Å². The van der Waals surface area contributed by atoms with Gasteiger partial charge in [-0.15, -0.1) is 0 Å². The maximum Gasteiger partial charge on any atom is 0.161 e. The van der Waals surface area contributed by atoms with Gasteiger partial charge in [0.05, 0.1) is 29.8 Å². The predicted molar refractivity (Wildman–Crippen MR) is 91.1 cm³/mol. The van der Waals surface area contributed by atoms with Gasteiger partial charge in [0, 0.05) is 43.7 Å². The SMILES string of the molecule is [2H]c1c(OC)c(OC([2H])([2H])[2H])c([2H])c2c1C([2H])([2H])C([2H])([2H])N1C([2H])([2H])C([2H])(C([2H])([2H])C([2H])(C([2H])([2H])[2H])C([2H])([2H])[2H])C([2H])(O)C([2H])([2H])C21[2H]. The van der Waals surface area contributed by atoms with Crippen LogP contribution in [-0.4, -0.2) is 43.2 Å². The summed E-state index contributed by atoms with van der Waals surface area (Å²) in [4.78, 5) is -0.883. The number of fused-ring (bicyclic) bond motifs is 3. The lowest BCUT2D eigenvalue weighted by Crippen LogP contribution is -2.48. The third-order valence-corrected chi connectivity index (χ3v) is 2.94. The van der Waals surface area contributed by atoms with Crippen LogP contribution in [0.4, 0.5) is 0 Å². The van der Waals surface area contributed by atoms with Gasteiger partial charge >= 0.3 is 0 Å². The van der Waals surface area contributed by atoms with E-state index in [4.69, 9.17) is 42.4 Å². The Morgan fingerprint density at radius 3 is 3.13 bits per heavy atom. The normalized spacial score (nSPS) is 64.5. The van der Waals surface area contributed by atoms with Gasteiger partial charge in [-0.25, -0.2) is 0 Å². The summed E-state index contributed by atoms with van der Waals surface area (Å²) in [5, 5.41) is 11.6. The monoisotopic (exact) mass is 344 g/mol. The summed E-state index contributed by atoms with van der Waals surface area (Å²) in [5.41, 5.74) is -3.13. The van der Waals surface area contributed by atoms with Crippen molar-refractivity contribution in [2.45, 2.75) is 44.9 Å². The highest BCUT2D eigenvalue weighted by atomic mass is 16.5. The van der Waals surface area contributed by atoms with E-state index < -0.39 is 116 Å². The van der Waals surface area contributed by atoms with Gasteiger partial charge < -0.3 is 14.6 Å². The van der Waals surface area contributed by atoms with E-state index in [1.807, 2.05) is 0 Å². The van der Waals surface area contributed by atoms with Crippen molar-refractivity contribution in [1.82, 2.24) is 4.90 Å². The quantitative estimate of drug-likeness (QED) is 0.911. The van der Waals surface area contributed by atoms with Crippen molar-refractivity contribution in [1.29, 1.82) is 0 Å². The first-order valence-electron chi connectivity index (χ1n) is 18.7. The maximum atomic E-state index is 11.6. The highest BCUT2D eigenvalue weighted by Crippen LogP contribution is 2.43. The molecular formula is C19H29NO3. The molecule has 0 bridgehead atoms. The summed E-state index contributed by atoms with van der Waals surface area (Å²) in [5.74, 6) is -12.1. The molecule has 3 unspecified atom stereocenters. The Kier molecular flexibility index (Phi) is 1.15. The zero-order valence-corrected chi connectivity index (χ0v) is 11.7. The van der Waals surface area contributed by atoms with Crippen molar-refractivity contribution in [3.63, 3.8) is 0 Å². The van der Waals surface area contributed by atoms with Crippen LogP contribution in [0.5, 0.6) is 11.5 Å². The van der Waals surface area contributed by atoms with Gasteiger partial charge in [-0.1, -0.05) is 13.7 Å². The first-order chi connectivity index (χ1) is 20.7. The fraction of sp³-hybridized carbons (Fsp3) is 0.684. The first kappa shape index (κ1) is 3.94. The zero-order chi connectivity index (χ0) is 38.5. The number of benzene rings is 1. The molecule has 2 heterocycles. The Balaban J connectivity index is 2.75.